The molecule has 1 saturated heterocycles. The Labute approximate surface area is 132 Å². The maximum Gasteiger partial charge on any atom is 0.410 e. The van der Waals surface area contributed by atoms with Crippen LogP contribution in [-0.4, -0.2) is 42.2 Å². The van der Waals surface area contributed by atoms with Gasteiger partial charge < -0.3 is 21.1 Å². The summed E-state index contributed by atoms with van der Waals surface area (Å²) in [7, 11) is 0. The molecular formula is C12H25IN4O2. The standard InChI is InChI=1S/C12H24N4O2.HI/c1-12(2,3)18-11(17)16-6-4-9(5-7-16)8-15-10(13)14;/h9H,4-8H2,1-3H3,(H4,13,14,15);1H. The first kappa shape index (κ1) is 18.3. The maximum atomic E-state index is 11.8. The van der Waals surface area contributed by atoms with Gasteiger partial charge in [0, 0.05) is 19.6 Å². The van der Waals surface area contributed by atoms with Gasteiger partial charge in [0.05, 0.1) is 0 Å². The quantitative estimate of drug-likeness (QED) is 0.429. The van der Waals surface area contributed by atoms with Gasteiger partial charge in [0.1, 0.15) is 5.60 Å². The van der Waals surface area contributed by atoms with Crippen LogP contribution in [0.2, 0.25) is 0 Å². The number of aliphatic imine (C=N–C) groups is 1. The first-order valence-electron chi connectivity index (χ1n) is 6.31. The molecule has 112 valence electrons. The van der Waals surface area contributed by atoms with Gasteiger partial charge in [0.2, 0.25) is 0 Å². The predicted molar refractivity (Wildman–Crippen MR) is 86.6 cm³/mol. The average Bonchev–Trinajstić information content (AvgIpc) is 2.24. The molecule has 1 aliphatic rings. The van der Waals surface area contributed by atoms with Crippen molar-refractivity contribution in [1.29, 1.82) is 0 Å². The molecule has 4 N–H and O–H groups in total. The largest absolute Gasteiger partial charge is 0.444 e. The van der Waals surface area contributed by atoms with Crippen LogP contribution in [0.5, 0.6) is 0 Å². The zero-order valence-corrected chi connectivity index (χ0v) is 14.2. The lowest BCUT2D eigenvalue weighted by Crippen LogP contribution is -2.42. The van der Waals surface area contributed by atoms with E-state index in [2.05, 4.69) is 4.99 Å². The van der Waals surface area contributed by atoms with Crippen molar-refractivity contribution in [2.24, 2.45) is 22.4 Å². The van der Waals surface area contributed by atoms with Crippen LogP contribution in [-0.2, 0) is 4.74 Å². The third kappa shape index (κ3) is 7.44. The smallest absolute Gasteiger partial charge is 0.410 e. The number of likely N-dealkylation sites (tertiary alicyclic amines) is 1. The number of amides is 1. The first-order chi connectivity index (χ1) is 8.28. The highest BCUT2D eigenvalue weighted by atomic mass is 127. The fourth-order valence-corrected chi connectivity index (χ4v) is 1.86. The number of piperidine rings is 1. The number of rotatable bonds is 2. The molecule has 0 atom stereocenters. The molecule has 0 bridgehead atoms. The molecule has 0 spiro atoms. The Morgan fingerprint density at radius 1 is 1.32 bits per heavy atom. The highest BCUT2D eigenvalue weighted by Gasteiger charge is 2.26. The number of ether oxygens (including phenoxy) is 1. The minimum atomic E-state index is -0.438. The lowest BCUT2D eigenvalue weighted by molar-refractivity contribution is 0.0187. The van der Waals surface area contributed by atoms with E-state index in [4.69, 9.17) is 16.2 Å². The molecule has 7 heteroatoms. The average molecular weight is 384 g/mol. The molecule has 0 saturated carbocycles. The van der Waals surface area contributed by atoms with Crippen molar-refractivity contribution in [3.8, 4) is 0 Å². The fraction of sp³-hybridized carbons (Fsp3) is 0.833. The van der Waals surface area contributed by atoms with Gasteiger partial charge in [0.15, 0.2) is 5.96 Å². The van der Waals surface area contributed by atoms with Crippen LogP contribution in [0.3, 0.4) is 0 Å². The van der Waals surface area contributed by atoms with Gasteiger partial charge in [-0.2, -0.15) is 0 Å². The monoisotopic (exact) mass is 384 g/mol. The lowest BCUT2D eigenvalue weighted by Gasteiger charge is -2.32. The lowest BCUT2D eigenvalue weighted by atomic mass is 9.97. The molecule has 0 radical (unpaired) electrons. The van der Waals surface area contributed by atoms with Crippen molar-refractivity contribution in [1.82, 2.24) is 4.90 Å². The number of hydrogen-bond acceptors (Lipinski definition) is 3. The second-order valence-corrected chi connectivity index (χ2v) is 5.68. The van der Waals surface area contributed by atoms with E-state index in [1.165, 1.54) is 0 Å². The summed E-state index contributed by atoms with van der Waals surface area (Å²) in [5.41, 5.74) is 10.2. The van der Waals surface area contributed by atoms with E-state index < -0.39 is 5.60 Å². The van der Waals surface area contributed by atoms with Crippen LogP contribution in [0, 0.1) is 5.92 Å². The SMILES string of the molecule is CC(C)(C)OC(=O)N1CCC(CN=C(N)N)CC1.I. The third-order valence-electron chi connectivity index (χ3n) is 2.80. The van der Waals surface area contributed by atoms with Crippen LogP contribution in [0.1, 0.15) is 33.6 Å². The van der Waals surface area contributed by atoms with Gasteiger partial charge >= 0.3 is 6.09 Å². The number of nitrogens with two attached hydrogens (primary N) is 2. The summed E-state index contributed by atoms with van der Waals surface area (Å²) in [6.45, 7) is 7.67. The topological polar surface area (TPSA) is 93.9 Å². The Bertz CT molecular complexity index is 316. The van der Waals surface area contributed by atoms with E-state index in [1.54, 1.807) is 4.90 Å². The first-order valence-corrected chi connectivity index (χ1v) is 6.31. The minimum Gasteiger partial charge on any atom is -0.444 e. The normalized spacial score (nSPS) is 16.5. The Morgan fingerprint density at radius 2 is 1.84 bits per heavy atom. The van der Waals surface area contributed by atoms with Crippen LogP contribution in [0.4, 0.5) is 4.79 Å². The summed E-state index contributed by atoms with van der Waals surface area (Å²) in [6, 6.07) is 0. The van der Waals surface area contributed by atoms with Crippen LogP contribution < -0.4 is 11.5 Å². The Morgan fingerprint density at radius 3 is 2.26 bits per heavy atom. The number of carbonyl (C=O) groups excluding carboxylic acids is 1. The molecule has 0 aromatic carbocycles. The maximum absolute atomic E-state index is 11.8. The number of nitrogens with zero attached hydrogens (tertiary/aromatic N) is 2. The molecule has 0 aromatic rings. The Kier molecular flexibility index (Phi) is 7.46. The van der Waals surface area contributed by atoms with Crippen LogP contribution in [0.15, 0.2) is 4.99 Å². The van der Waals surface area contributed by atoms with E-state index >= 15 is 0 Å². The number of hydrogen-bond donors (Lipinski definition) is 2. The van der Waals surface area contributed by atoms with E-state index in [9.17, 15) is 4.79 Å². The molecule has 1 heterocycles. The molecule has 1 fully saturated rings. The van der Waals surface area contributed by atoms with Crippen molar-refractivity contribution in [2.45, 2.75) is 39.2 Å². The fourth-order valence-electron chi connectivity index (χ4n) is 1.86. The number of carbonyl (C=O) groups is 1. The van der Waals surface area contributed by atoms with E-state index in [-0.39, 0.29) is 36.0 Å². The van der Waals surface area contributed by atoms with E-state index in [0.29, 0.717) is 25.6 Å². The Balaban J connectivity index is 0.00000324. The van der Waals surface area contributed by atoms with E-state index in [1.807, 2.05) is 20.8 Å². The molecule has 0 aliphatic carbocycles. The van der Waals surface area contributed by atoms with Gasteiger partial charge in [0.25, 0.3) is 0 Å². The zero-order chi connectivity index (χ0) is 13.8. The van der Waals surface area contributed by atoms with Crippen molar-refractivity contribution in [3.63, 3.8) is 0 Å². The molecular weight excluding hydrogens is 359 g/mol. The van der Waals surface area contributed by atoms with Crippen LogP contribution in [0.25, 0.3) is 0 Å². The molecule has 1 rings (SSSR count). The Hall–Kier alpha value is -0.730. The minimum absolute atomic E-state index is 0. The molecule has 0 aromatic heterocycles. The summed E-state index contributed by atoms with van der Waals surface area (Å²) >= 11 is 0. The zero-order valence-electron chi connectivity index (χ0n) is 11.9. The third-order valence-corrected chi connectivity index (χ3v) is 2.80. The molecule has 6 nitrogen and oxygen atoms in total. The van der Waals surface area contributed by atoms with Crippen molar-refractivity contribution in [2.75, 3.05) is 19.6 Å². The summed E-state index contributed by atoms with van der Waals surface area (Å²) in [5.74, 6) is 0.579. The summed E-state index contributed by atoms with van der Waals surface area (Å²) in [4.78, 5) is 17.6. The summed E-state index contributed by atoms with van der Waals surface area (Å²) < 4.78 is 5.33. The molecule has 1 amide bonds. The predicted octanol–water partition coefficient (Wildman–Crippen LogP) is 1.52. The van der Waals surface area contributed by atoms with Gasteiger partial charge in [-0.25, -0.2) is 4.79 Å². The second kappa shape index (κ2) is 7.76. The number of halogens is 1. The second-order valence-electron chi connectivity index (χ2n) is 5.68. The molecule has 0 unspecified atom stereocenters. The van der Waals surface area contributed by atoms with Gasteiger partial charge in [-0.05, 0) is 39.5 Å². The van der Waals surface area contributed by atoms with E-state index in [0.717, 1.165) is 12.8 Å². The van der Waals surface area contributed by atoms with Gasteiger partial charge in [-0.1, -0.05) is 0 Å². The van der Waals surface area contributed by atoms with Crippen molar-refractivity contribution in [3.05, 3.63) is 0 Å². The highest BCUT2D eigenvalue weighted by Crippen LogP contribution is 2.19. The van der Waals surface area contributed by atoms with Crippen LogP contribution >= 0.6 is 24.0 Å². The van der Waals surface area contributed by atoms with Gasteiger partial charge in [-0.15, -0.1) is 24.0 Å². The number of guanidine groups is 1. The summed E-state index contributed by atoms with van der Waals surface area (Å²) in [5, 5.41) is 0. The molecule has 19 heavy (non-hydrogen) atoms. The van der Waals surface area contributed by atoms with Crippen molar-refractivity contribution >= 4 is 36.0 Å². The van der Waals surface area contributed by atoms with Gasteiger partial charge in [-0.3, -0.25) is 4.99 Å². The molecule has 1 aliphatic heterocycles. The highest BCUT2D eigenvalue weighted by molar-refractivity contribution is 14.0. The summed E-state index contributed by atoms with van der Waals surface area (Å²) in [6.07, 6.45) is 1.59. The van der Waals surface area contributed by atoms with Crippen molar-refractivity contribution < 1.29 is 9.53 Å².